The number of nitro groups is 2. The van der Waals surface area contributed by atoms with Gasteiger partial charge >= 0.3 is 0 Å². The summed E-state index contributed by atoms with van der Waals surface area (Å²) < 4.78 is 4.87. The molecule has 0 spiro atoms. The highest BCUT2D eigenvalue weighted by Crippen LogP contribution is 2.32. The van der Waals surface area contributed by atoms with Crippen LogP contribution >= 0.6 is 0 Å². The number of rotatable bonds is 3. The molecule has 1 N–H and O–H groups in total. The number of hydrogen-bond donors (Lipinski definition) is 1. The smallest absolute Gasteiger partial charge is 0.269 e. The lowest BCUT2D eigenvalue weighted by Gasteiger charge is -2.29. The Morgan fingerprint density at radius 3 is 2.37 bits per heavy atom. The van der Waals surface area contributed by atoms with Gasteiger partial charge in [-0.15, -0.1) is 0 Å². The van der Waals surface area contributed by atoms with E-state index in [1.54, 1.807) is 0 Å². The molecular weight excluding hydrogens is 256 g/mol. The summed E-state index contributed by atoms with van der Waals surface area (Å²) in [5.41, 5.74) is 0.517. The lowest BCUT2D eigenvalue weighted by atomic mass is 9.87. The van der Waals surface area contributed by atoms with Crippen LogP contribution in [0.1, 0.15) is 17.9 Å². The molecule has 8 nitrogen and oxygen atoms in total. The van der Waals surface area contributed by atoms with E-state index >= 15 is 0 Å². The maximum atomic E-state index is 11.0. The Morgan fingerprint density at radius 2 is 1.84 bits per heavy atom. The number of ether oxygens (including phenoxy) is 1. The van der Waals surface area contributed by atoms with Crippen LogP contribution in [0.2, 0.25) is 0 Å². The van der Waals surface area contributed by atoms with Crippen LogP contribution in [0.4, 0.5) is 5.69 Å². The molecule has 0 amide bonds. The van der Waals surface area contributed by atoms with Gasteiger partial charge in [0.1, 0.15) is 6.61 Å². The minimum Gasteiger partial charge on any atom is -0.368 e. The third kappa shape index (κ3) is 2.85. The molecule has 1 heterocycles. The Bertz CT molecular complexity index is 488. The van der Waals surface area contributed by atoms with E-state index in [9.17, 15) is 25.3 Å². The predicted octanol–water partition coefficient (Wildman–Crippen LogP) is 1.06. The Morgan fingerprint density at radius 1 is 1.21 bits per heavy atom. The van der Waals surface area contributed by atoms with E-state index in [0.717, 1.165) is 0 Å². The molecule has 0 bridgehead atoms. The van der Waals surface area contributed by atoms with Gasteiger partial charge in [0.15, 0.2) is 6.29 Å². The third-order valence-corrected chi connectivity index (χ3v) is 3.18. The van der Waals surface area contributed by atoms with Crippen molar-refractivity contribution in [1.82, 2.24) is 0 Å². The second kappa shape index (κ2) is 5.29. The second-order valence-corrected chi connectivity index (χ2v) is 4.33. The minimum absolute atomic E-state index is 0.0750. The molecule has 1 aromatic carbocycles. The van der Waals surface area contributed by atoms with Gasteiger partial charge in [0.05, 0.1) is 10.8 Å². The van der Waals surface area contributed by atoms with Crippen molar-refractivity contribution < 1.29 is 19.7 Å². The lowest BCUT2D eigenvalue weighted by Crippen LogP contribution is -2.40. The Kier molecular flexibility index (Phi) is 3.72. The highest BCUT2D eigenvalue weighted by Gasteiger charge is 2.39. The number of benzene rings is 1. The van der Waals surface area contributed by atoms with Crippen LogP contribution in [0.25, 0.3) is 0 Å². The van der Waals surface area contributed by atoms with Crippen molar-refractivity contribution in [1.29, 1.82) is 0 Å². The van der Waals surface area contributed by atoms with E-state index in [1.165, 1.54) is 24.3 Å². The van der Waals surface area contributed by atoms with E-state index in [0.29, 0.717) is 5.56 Å². The summed E-state index contributed by atoms with van der Waals surface area (Å²) in [6, 6.07) is 4.61. The average molecular weight is 268 g/mol. The summed E-state index contributed by atoms with van der Waals surface area (Å²) in [7, 11) is 0. The molecule has 1 saturated heterocycles. The van der Waals surface area contributed by atoms with Crippen LogP contribution in [-0.4, -0.2) is 33.9 Å². The summed E-state index contributed by atoms with van der Waals surface area (Å²) in [6.07, 6.45) is -0.944. The summed E-state index contributed by atoms with van der Waals surface area (Å²) >= 11 is 0. The van der Waals surface area contributed by atoms with Gasteiger partial charge in [-0.1, -0.05) is 12.1 Å². The second-order valence-electron chi connectivity index (χ2n) is 4.33. The van der Waals surface area contributed by atoms with Gasteiger partial charge < -0.3 is 9.84 Å². The topological polar surface area (TPSA) is 116 Å². The maximum absolute atomic E-state index is 11.0. The van der Waals surface area contributed by atoms with E-state index < -0.39 is 28.1 Å². The van der Waals surface area contributed by atoms with Crippen LogP contribution in [-0.2, 0) is 4.74 Å². The van der Waals surface area contributed by atoms with Crippen LogP contribution in [0, 0.1) is 20.2 Å². The van der Waals surface area contributed by atoms with E-state index in [-0.39, 0.29) is 18.7 Å². The third-order valence-electron chi connectivity index (χ3n) is 3.18. The molecule has 0 saturated carbocycles. The quantitative estimate of drug-likeness (QED) is 0.647. The fraction of sp³-hybridized carbons (Fsp3) is 0.455. The molecule has 0 radical (unpaired) electrons. The van der Waals surface area contributed by atoms with Crippen molar-refractivity contribution in [2.24, 2.45) is 0 Å². The first-order valence-corrected chi connectivity index (χ1v) is 5.66. The van der Waals surface area contributed by atoms with Gasteiger partial charge in [0.25, 0.3) is 5.69 Å². The van der Waals surface area contributed by atoms with Gasteiger partial charge in [0, 0.05) is 23.5 Å². The largest absolute Gasteiger partial charge is 0.368 e. The van der Waals surface area contributed by atoms with Crippen LogP contribution in [0.3, 0.4) is 0 Å². The maximum Gasteiger partial charge on any atom is 0.269 e. The molecule has 3 atom stereocenters. The van der Waals surface area contributed by atoms with Gasteiger partial charge in [-0.05, 0) is 5.56 Å². The number of non-ortho nitro benzene ring substituents is 1. The number of aliphatic hydroxyl groups excluding tert-OH is 1. The molecule has 8 heteroatoms. The van der Waals surface area contributed by atoms with Crippen molar-refractivity contribution in [2.75, 3.05) is 6.61 Å². The van der Waals surface area contributed by atoms with E-state index in [4.69, 9.17) is 4.74 Å². The lowest BCUT2D eigenvalue weighted by molar-refractivity contribution is -0.538. The average Bonchev–Trinajstić information content (AvgIpc) is 2.38. The molecule has 0 aliphatic carbocycles. The molecule has 3 unspecified atom stereocenters. The van der Waals surface area contributed by atoms with Gasteiger partial charge in [-0.2, -0.15) is 0 Å². The molecule has 1 aliphatic rings. The molecule has 19 heavy (non-hydrogen) atoms. The summed E-state index contributed by atoms with van der Waals surface area (Å²) in [6.45, 7) is -0.171. The molecule has 0 aromatic heterocycles. The molecule has 1 fully saturated rings. The monoisotopic (exact) mass is 268 g/mol. The Labute approximate surface area is 107 Å². The predicted molar refractivity (Wildman–Crippen MR) is 63.2 cm³/mol. The summed E-state index contributed by atoms with van der Waals surface area (Å²) in [5, 5.41) is 30.9. The Hall–Kier alpha value is -2.06. The van der Waals surface area contributed by atoms with Gasteiger partial charge in [0.2, 0.25) is 6.04 Å². The Balaban J connectivity index is 2.25. The molecule has 1 aromatic rings. The fourth-order valence-corrected chi connectivity index (χ4v) is 2.18. The van der Waals surface area contributed by atoms with Crippen molar-refractivity contribution >= 4 is 5.69 Å². The first kappa shape index (κ1) is 13.4. The van der Waals surface area contributed by atoms with Gasteiger partial charge in [-0.25, -0.2) is 0 Å². The summed E-state index contributed by atoms with van der Waals surface area (Å²) in [5.74, 6) is -0.514. The molecule has 2 rings (SSSR count). The van der Waals surface area contributed by atoms with Crippen molar-refractivity contribution in [3.8, 4) is 0 Å². The minimum atomic E-state index is -1.05. The first-order valence-electron chi connectivity index (χ1n) is 5.66. The number of nitro benzene ring substituents is 1. The van der Waals surface area contributed by atoms with E-state index in [1.807, 2.05) is 0 Å². The van der Waals surface area contributed by atoms with Crippen molar-refractivity contribution in [3.63, 3.8) is 0 Å². The van der Waals surface area contributed by atoms with E-state index in [2.05, 4.69) is 0 Å². The van der Waals surface area contributed by atoms with Crippen LogP contribution < -0.4 is 0 Å². The van der Waals surface area contributed by atoms with Crippen LogP contribution in [0.5, 0.6) is 0 Å². The van der Waals surface area contributed by atoms with Gasteiger partial charge in [-0.3, -0.25) is 20.2 Å². The number of hydrogen-bond acceptors (Lipinski definition) is 6. The fourth-order valence-electron chi connectivity index (χ4n) is 2.18. The number of nitrogens with zero attached hydrogens (tertiary/aromatic N) is 2. The zero-order chi connectivity index (χ0) is 14.0. The normalized spacial score (nSPS) is 26.9. The zero-order valence-corrected chi connectivity index (χ0v) is 9.84. The highest BCUT2D eigenvalue weighted by atomic mass is 16.6. The van der Waals surface area contributed by atoms with Crippen molar-refractivity contribution in [3.05, 3.63) is 50.1 Å². The molecule has 102 valence electrons. The van der Waals surface area contributed by atoms with Crippen LogP contribution in [0.15, 0.2) is 24.3 Å². The SMILES string of the molecule is O=[N+]([O-])c1ccc(C2CC(O)OCC2[N+](=O)[O-])cc1. The summed E-state index contributed by atoms with van der Waals surface area (Å²) in [4.78, 5) is 20.5. The highest BCUT2D eigenvalue weighted by molar-refractivity contribution is 5.35. The number of aliphatic hydroxyl groups is 1. The zero-order valence-electron chi connectivity index (χ0n) is 9.84. The first-order chi connectivity index (χ1) is 8.99. The van der Waals surface area contributed by atoms with Crippen molar-refractivity contribution in [2.45, 2.75) is 24.7 Å². The standard InChI is InChI=1S/C11H12N2O6/c14-11-5-9(10(6-19-11)13(17)18)7-1-3-8(4-2-7)12(15)16/h1-4,9-11,14H,5-6H2. The molecule has 1 aliphatic heterocycles. The molecular formula is C11H12N2O6.